The van der Waals surface area contributed by atoms with Gasteiger partial charge in [0.05, 0.1) is 0 Å². The molecule has 0 amide bonds. The van der Waals surface area contributed by atoms with E-state index in [4.69, 9.17) is 0 Å². The van der Waals surface area contributed by atoms with E-state index in [1.807, 2.05) is 4.90 Å². The first-order valence-corrected chi connectivity index (χ1v) is 8.78. The van der Waals surface area contributed by atoms with E-state index in [0.717, 1.165) is 38.6 Å². The Labute approximate surface area is 150 Å². The molecule has 1 atom stereocenters. The van der Waals surface area contributed by atoms with Crippen LogP contribution in [0.1, 0.15) is 20.3 Å². The van der Waals surface area contributed by atoms with E-state index in [9.17, 15) is 4.39 Å². The van der Waals surface area contributed by atoms with E-state index in [2.05, 4.69) is 53.5 Å². The lowest BCUT2D eigenvalue weighted by Crippen LogP contribution is -2.48. The lowest BCUT2D eigenvalue weighted by atomic mass is 9.93. The summed E-state index contributed by atoms with van der Waals surface area (Å²) < 4.78 is 13.9. The lowest BCUT2D eigenvalue weighted by molar-refractivity contribution is 0.241. The van der Waals surface area contributed by atoms with Gasteiger partial charge in [-0.1, -0.05) is 13.8 Å². The highest BCUT2D eigenvalue weighted by molar-refractivity contribution is 5.80. The Balaban J connectivity index is 1.86. The molecule has 0 bridgehead atoms. The summed E-state index contributed by atoms with van der Waals surface area (Å²) in [6, 6.07) is 3.30. The lowest BCUT2D eigenvalue weighted by Gasteiger charge is -2.29. The minimum Gasteiger partial charge on any atom is -0.356 e. The summed E-state index contributed by atoms with van der Waals surface area (Å²) in [7, 11) is 5.94. The Hall–Kier alpha value is -1.89. The van der Waals surface area contributed by atoms with E-state index < -0.39 is 0 Å². The van der Waals surface area contributed by atoms with Crippen molar-refractivity contribution in [2.75, 3.05) is 52.2 Å². The van der Waals surface area contributed by atoms with Crippen LogP contribution in [0.2, 0.25) is 0 Å². The van der Waals surface area contributed by atoms with Gasteiger partial charge in [-0.25, -0.2) is 9.37 Å². The summed E-state index contributed by atoms with van der Waals surface area (Å²) in [6.07, 6.45) is 2.56. The molecular formula is C18H31FN6. The van der Waals surface area contributed by atoms with Crippen LogP contribution in [0.3, 0.4) is 0 Å². The zero-order valence-corrected chi connectivity index (χ0v) is 16.0. The van der Waals surface area contributed by atoms with Crippen molar-refractivity contribution in [3.63, 3.8) is 0 Å². The molecule has 1 fully saturated rings. The molecule has 2 heterocycles. The molecule has 0 saturated carbocycles. The summed E-state index contributed by atoms with van der Waals surface area (Å²) >= 11 is 0. The molecule has 1 unspecified atom stereocenters. The average molecular weight is 350 g/mol. The van der Waals surface area contributed by atoms with Crippen LogP contribution in [0.5, 0.6) is 0 Å². The highest BCUT2D eigenvalue weighted by Crippen LogP contribution is 2.20. The summed E-state index contributed by atoms with van der Waals surface area (Å²) in [6.45, 7) is 7.79. The molecule has 0 aromatic carbocycles. The standard InChI is InChI=1S/C18H31FN6/c1-18(2,13-24(4)5)12-22-17(20-3)23-14-8-10-25(11-14)16-15(19)7-6-9-21-16/h6-7,9,14H,8,10-13H2,1-5H3,(H2,20,22,23). The molecular weight excluding hydrogens is 319 g/mol. The van der Waals surface area contributed by atoms with Crippen LogP contribution in [0.15, 0.2) is 23.3 Å². The van der Waals surface area contributed by atoms with Crippen LogP contribution in [0.4, 0.5) is 10.2 Å². The molecule has 140 valence electrons. The Bertz CT molecular complexity index is 587. The smallest absolute Gasteiger partial charge is 0.191 e. The van der Waals surface area contributed by atoms with Crippen molar-refractivity contribution in [1.29, 1.82) is 0 Å². The summed E-state index contributed by atoms with van der Waals surface area (Å²) in [4.78, 5) is 12.7. The van der Waals surface area contributed by atoms with Crippen molar-refractivity contribution in [1.82, 2.24) is 20.5 Å². The maximum atomic E-state index is 13.9. The largest absolute Gasteiger partial charge is 0.356 e. The van der Waals surface area contributed by atoms with Gasteiger partial charge in [-0.05, 0) is 38.1 Å². The predicted molar refractivity (Wildman–Crippen MR) is 102 cm³/mol. The minimum atomic E-state index is -0.268. The molecule has 0 aliphatic carbocycles. The zero-order valence-electron chi connectivity index (χ0n) is 16.0. The predicted octanol–water partition coefficient (Wildman–Crippen LogP) is 1.55. The third kappa shape index (κ3) is 5.85. The number of rotatable bonds is 6. The average Bonchev–Trinajstić information content (AvgIpc) is 2.99. The van der Waals surface area contributed by atoms with Gasteiger partial charge in [0.25, 0.3) is 0 Å². The van der Waals surface area contributed by atoms with Gasteiger partial charge in [0, 0.05) is 45.5 Å². The number of hydrogen-bond donors (Lipinski definition) is 2. The van der Waals surface area contributed by atoms with Crippen molar-refractivity contribution in [2.24, 2.45) is 10.4 Å². The van der Waals surface area contributed by atoms with Gasteiger partial charge in [-0.2, -0.15) is 0 Å². The first kappa shape index (κ1) is 19.4. The highest BCUT2D eigenvalue weighted by Gasteiger charge is 2.26. The number of guanidine groups is 1. The molecule has 2 N–H and O–H groups in total. The number of anilines is 1. The number of pyridine rings is 1. The first-order chi connectivity index (χ1) is 11.8. The van der Waals surface area contributed by atoms with Crippen LogP contribution >= 0.6 is 0 Å². The van der Waals surface area contributed by atoms with Crippen LogP contribution < -0.4 is 15.5 Å². The fourth-order valence-corrected chi connectivity index (χ4v) is 3.30. The molecule has 1 aliphatic rings. The number of halogens is 1. The Morgan fingerprint density at radius 1 is 1.48 bits per heavy atom. The van der Waals surface area contributed by atoms with Gasteiger partial charge < -0.3 is 20.4 Å². The van der Waals surface area contributed by atoms with Crippen LogP contribution in [-0.2, 0) is 0 Å². The summed E-state index contributed by atoms with van der Waals surface area (Å²) in [5, 5.41) is 6.86. The highest BCUT2D eigenvalue weighted by atomic mass is 19.1. The SMILES string of the molecule is CN=C(NCC(C)(C)CN(C)C)NC1CCN(c2ncccc2F)C1. The molecule has 0 spiro atoms. The monoisotopic (exact) mass is 350 g/mol. The molecule has 0 radical (unpaired) electrons. The summed E-state index contributed by atoms with van der Waals surface area (Å²) in [5.74, 6) is 0.957. The third-order valence-electron chi connectivity index (χ3n) is 4.27. The van der Waals surface area contributed by atoms with Crippen molar-refractivity contribution < 1.29 is 4.39 Å². The number of hydrogen-bond acceptors (Lipinski definition) is 4. The van der Waals surface area contributed by atoms with Crippen molar-refractivity contribution in [3.8, 4) is 0 Å². The normalized spacial score (nSPS) is 18.8. The van der Waals surface area contributed by atoms with E-state index >= 15 is 0 Å². The molecule has 1 aliphatic heterocycles. The minimum absolute atomic E-state index is 0.139. The Morgan fingerprint density at radius 3 is 2.88 bits per heavy atom. The zero-order chi connectivity index (χ0) is 18.4. The topological polar surface area (TPSA) is 55.8 Å². The Kier molecular flexibility index (Phi) is 6.58. The maximum absolute atomic E-state index is 13.9. The van der Waals surface area contributed by atoms with Crippen LogP contribution in [0, 0.1) is 11.2 Å². The third-order valence-corrected chi connectivity index (χ3v) is 4.27. The quantitative estimate of drug-likeness (QED) is 0.602. The van der Waals surface area contributed by atoms with Crippen molar-refractivity contribution in [2.45, 2.75) is 26.3 Å². The molecule has 2 rings (SSSR count). The molecule has 6 nitrogen and oxygen atoms in total. The van der Waals surface area contributed by atoms with Crippen LogP contribution in [-0.4, -0.2) is 69.2 Å². The fraction of sp³-hybridized carbons (Fsp3) is 0.667. The molecule has 7 heteroatoms. The first-order valence-electron chi connectivity index (χ1n) is 8.78. The fourth-order valence-electron chi connectivity index (χ4n) is 3.30. The number of aromatic nitrogens is 1. The number of nitrogens with one attached hydrogen (secondary N) is 2. The van der Waals surface area contributed by atoms with Crippen molar-refractivity contribution in [3.05, 3.63) is 24.1 Å². The molecule has 1 aromatic heterocycles. The van der Waals surface area contributed by atoms with E-state index in [1.54, 1.807) is 19.3 Å². The van der Waals surface area contributed by atoms with Gasteiger partial charge >= 0.3 is 0 Å². The number of nitrogens with zero attached hydrogens (tertiary/aromatic N) is 4. The number of aliphatic imine (C=N–C) groups is 1. The van der Waals surface area contributed by atoms with Gasteiger partial charge in [-0.15, -0.1) is 0 Å². The molecule has 1 aromatic rings. The van der Waals surface area contributed by atoms with Gasteiger partial charge in [0.15, 0.2) is 17.6 Å². The maximum Gasteiger partial charge on any atom is 0.191 e. The van der Waals surface area contributed by atoms with Crippen LogP contribution in [0.25, 0.3) is 0 Å². The van der Waals surface area contributed by atoms with E-state index in [1.165, 1.54) is 6.07 Å². The van der Waals surface area contributed by atoms with Gasteiger partial charge in [0.1, 0.15) is 0 Å². The second-order valence-corrected chi connectivity index (χ2v) is 7.71. The van der Waals surface area contributed by atoms with Gasteiger partial charge in [0.2, 0.25) is 0 Å². The molecule has 25 heavy (non-hydrogen) atoms. The molecule has 1 saturated heterocycles. The second-order valence-electron chi connectivity index (χ2n) is 7.71. The van der Waals surface area contributed by atoms with Crippen molar-refractivity contribution >= 4 is 11.8 Å². The second kappa shape index (κ2) is 8.47. The van der Waals surface area contributed by atoms with Gasteiger partial charge in [-0.3, -0.25) is 4.99 Å². The van der Waals surface area contributed by atoms with E-state index in [0.29, 0.717) is 5.82 Å². The van der Waals surface area contributed by atoms with E-state index in [-0.39, 0.29) is 17.3 Å². The Morgan fingerprint density at radius 2 is 2.24 bits per heavy atom. The summed E-state index contributed by atoms with van der Waals surface area (Å²) in [5.41, 5.74) is 0.139.